The highest BCUT2D eigenvalue weighted by Crippen LogP contribution is 2.46. The second kappa shape index (κ2) is 16.9. The van der Waals surface area contributed by atoms with Crippen LogP contribution >= 0.6 is 0 Å². The van der Waals surface area contributed by atoms with Crippen LogP contribution in [-0.4, -0.2) is 90.9 Å². The molecule has 2 aromatic carbocycles. The zero-order valence-corrected chi connectivity index (χ0v) is 35.2. The first-order valence-electron chi connectivity index (χ1n) is 21.6. The van der Waals surface area contributed by atoms with Gasteiger partial charge in [-0.15, -0.1) is 0 Å². The van der Waals surface area contributed by atoms with Crippen LogP contribution in [0.15, 0.2) is 65.1 Å². The summed E-state index contributed by atoms with van der Waals surface area (Å²) in [5.41, 5.74) is 0.747. The number of rotatable bonds is 9. The molecule has 2 aliphatic heterocycles. The molecule has 0 radical (unpaired) electrons. The van der Waals surface area contributed by atoms with Crippen molar-refractivity contribution in [2.45, 2.75) is 119 Å². The number of pyridine rings is 1. The van der Waals surface area contributed by atoms with E-state index < -0.39 is 74.5 Å². The van der Waals surface area contributed by atoms with Gasteiger partial charge in [-0.1, -0.05) is 25.0 Å². The van der Waals surface area contributed by atoms with Gasteiger partial charge in [0.2, 0.25) is 21.8 Å². The van der Waals surface area contributed by atoms with Crippen LogP contribution in [0.2, 0.25) is 0 Å². The van der Waals surface area contributed by atoms with Gasteiger partial charge in [-0.25, -0.2) is 22.6 Å². The lowest BCUT2D eigenvalue weighted by Gasteiger charge is -2.30. The molecule has 0 unspecified atom stereocenters. The summed E-state index contributed by atoms with van der Waals surface area (Å²) in [6.45, 7) is -0.0882. The molecule has 4 aromatic rings. The predicted octanol–water partition coefficient (Wildman–Crippen LogP) is 6.19. The fourth-order valence-electron chi connectivity index (χ4n) is 9.03. The van der Waals surface area contributed by atoms with E-state index in [1.165, 1.54) is 17.0 Å². The number of methoxy groups -OCH3 is 1. The molecule has 5 aliphatic rings. The minimum atomic E-state index is -3.94. The molecule has 4 heterocycles. The SMILES string of the molecule is COc1ccc2oc3c(O[C@@H]4C[C@H]5C(=O)N[C@]6(C(=O)NS(=O)(=O)C7CC7)C[C@@H]6/C=C\CCCCC[C@H](NC(=O)OC6CCCC6)C(=O)N5C4)cc(-c4ccc(F)cc4)nc3c2c1. The first-order valence-corrected chi connectivity index (χ1v) is 23.1. The van der Waals surface area contributed by atoms with Crippen molar-refractivity contribution < 1.29 is 50.6 Å². The van der Waals surface area contributed by atoms with Crippen molar-refractivity contribution in [3.8, 4) is 22.8 Å². The Morgan fingerprint density at radius 1 is 0.968 bits per heavy atom. The van der Waals surface area contributed by atoms with Crippen molar-refractivity contribution in [1.29, 1.82) is 0 Å². The molecule has 3 aliphatic carbocycles. The number of carbonyl (C=O) groups excluding carboxylic acids is 4. The minimum Gasteiger partial charge on any atom is -0.497 e. The number of nitrogens with one attached hydrogen (secondary N) is 3. The van der Waals surface area contributed by atoms with Crippen molar-refractivity contribution in [2.24, 2.45) is 5.92 Å². The topological polar surface area (TPSA) is 195 Å². The smallest absolute Gasteiger partial charge is 0.408 e. The van der Waals surface area contributed by atoms with Crippen LogP contribution in [0, 0.1) is 11.7 Å². The van der Waals surface area contributed by atoms with Gasteiger partial charge in [0.25, 0.3) is 5.91 Å². The highest BCUT2D eigenvalue weighted by molar-refractivity contribution is 7.91. The Morgan fingerprint density at radius 2 is 1.74 bits per heavy atom. The van der Waals surface area contributed by atoms with E-state index in [4.69, 9.17) is 23.6 Å². The van der Waals surface area contributed by atoms with Gasteiger partial charge in [0.1, 0.15) is 52.5 Å². The Hall–Kier alpha value is -5.71. The summed E-state index contributed by atoms with van der Waals surface area (Å²) in [6.07, 6.45) is 9.57. The minimum absolute atomic E-state index is 0.0286. The molecule has 15 nitrogen and oxygen atoms in total. The number of allylic oxidation sites excluding steroid dienone is 1. The maximum atomic E-state index is 14.8. The lowest BCUT2D eigenvalue weighted by molar-refractivity contribution is -0.141. The molecule has 0 spiro atoms. The summed E-state index contributed by atoms with van der Waals surface area (Å²) in [6, 6.07) is 10.6. The first kappa shape index (κ1) is 41.6. The first-order chi connectivity index (χ1) is 29.9. The second-order valence-electron chi connectivity index (χ2n) is 17.2. The van der Waals surface area contributed by atoms with Crippen molar-refractivity contribution in [2.75, 3.05) is 13.7 Å². The molecule has 1 saturated heterocycles. The number of hydrogen-bond acceptors (Lipinski definition) is 11. The molecule has 328 valence electrons. The zero-order valence-electron chi connectivity index (χ0n) is 34.4. The van der Waals surface area contributed by atoms with E-state index in [0.29, 0.717) is 71.2 Å². The number of hydrogen-bond donors (Lipinski definition) is 3. The van der Waals surface area contributed by atoms with Gasteiger partial charge < -0.3 is 34.2 Å². The summed E-state index contributed by atoms with van der Waals surface area (Å²) in [5.74, 6) is -2.05. The van der Waals surface area contributed by atoms with E-state index in [2.05, 4.69) is 15.4 Å². The predicted molar refractivity (Wildman–Crippen MR) is 225 cm³/mol. The van der Waals surface area contributed by atoms with Crippen molar-refractivity contribution in [3.63, 3.8) is 0 Å². The highest BCUT2D eigenvalue weighted by atomic mass is 32.2. The molecule has 0 bridgehead atoms. The zero-order chi connectivity index (χ0) is 43.2. The molecule has 2 aromatic heterocycles. The van der Waals surface area contributed by atoms with E-state index in [1.807, 2.05) is 12.2 Å². The Kier molecular flexibility index (Phi) is 11.3. The molecule has 4 amide bonds. The monoisotopic (exact) mass is 871 g/mol. The summed E-state index contributed by atoms with van der Waals surface area (Å²) < 4.78 is 66.4. The van der Waals surface area contributed by atoms with Gasteiger partial charge in [-0.2, -0.15) is 0 Å². The van der Waals surface area contributed by atoms with Gasteiger partial charge in [0, 0.05) is 24.0 Å². The average molecular weight is 872 g/mol. The summed E-state index contributed by atoms with van der Waals surface area (Å²) >= 11 is 0. The number of halogens is 1. The molecule has 3 N–H and O–H groups in total. The third-order valence-corrected chi connectivity index (χ3v) is 14.6. The molecule has 9 rings (SSSR count). The fourth-order valence-corrected chi connectivity index (χ4v) is 10.4. The summed E-state index contributed by atoms with van der Waals surface area (Å²) in [7, 11) is -2.39. The molecular formula is C45H50FN5O10S. The van der Waals surface area contributed by atoms with Gasteiger partial charge >= 0.3 is 6.09 Å². The molecule has 5 atom stereocenters. The third kappa shape index (κ3) is 8.55. The Labute approximate surface area is 358 Å². The molecule has 4 fully saturated rings. The quantitative estimate of drug-likeness (QED) is 0.163. The van der Waals surface area contributed by atoms with Crippen molar-refractivity contribution in [3.05, 3.63) is 66.5 Å². The standard InChI is InChI=1S/C45H50FN5O10S/c1-58-30-17-20-37-33(21-30)39-40(61-37)38(23-35(47-39)26-13-15-28(46)16-14-26)59-31-22-36-41(52)49-45(43(54)50-62(56,57)32-18-19-32)24-27(45)9-5-3-2-4-6-12-34(42(53)51(36)25-31)48-44(55)60-29-10-7-8-11-29/h5,9,13-17,20-21,23,27,29,31-32,34,36H,2-4,6-8,10-12,18-19,22,24-25H2,1H3,(H,48,55)(H,49,52)(H,50,54)/b9-5-/t27-,31+,34-,36-,45+/m0/s1. The van der Waals surface area contributed by atoms with E-state index in [1.54, 1.807) is 43.5 Å². The Balaban J connectivity index is 1.06. The molecular weight excluding hydrogens is 822 g/mol. The van der Waals surface area contributed by atoms with Crippen LogP contribution in [0.5, 0.6) is 11.5 Å². The maximum Gasteiger partial charge on any atom is 0.408 e. The third-order valence-electron chi connectivity index (χ3n) is 12.7. The van der Waals surface area contributed by atoms with Gasteiger partial charge in [0.15, 0.2) is 11.3 Å². The van der Waals surface area contributed by atoms with Crippen LogP contribution in [-0.2, 0) is 29.1 Å². The van der Waals surface area contributed by atoms with Gasteiger partial charge in [0.05, 0.1) is 30.0 Å². The average Bonchev–Trinajstić information content (AvgIpc) is 4.07. The van der Waals surface area contributed by atoms with Crippen LogP contribution in [0.25, 0.3) is 33.3 Å². The molecule has 17 heteroatoms. The van der Waals surface area contributed by atoms with Gasteiger partial charge in [-0.3, -0.25) is 19.1 Å². The number of benzene rings is 2. The Morgan fingerprint density at radius 3 is 2.50 bits per heavy atom. The number of nitrogens with zero attached hydrogens (tertiary/aromatic N) is 2. The summed E-state index contributed by atoms with van der Waals surface area (Å²) in [5, 5.41) is 5.69. The van der Waals surface area contributed by atoms with Gasteiger partial charge in [-0.05, 0) is 107 Å². The van der Waals surface area contributed by atoms with E-state index >= 15 is 0 Å². The van der Waals surface area contributed by atoms with E-state index in [-0.39, 0.29) is 31.2 Å². The number of furan rings is 1. The molecule has 62 heavy (non-hydrogen) atoms. The van der Waals surface area contributed by atoms with Crippen LogP contribution < -0.4 is 24.8 Å². The van der Waals surface area contributed by atoms with Crippen molar-refractivity contribution >= 4 is 55.9 Å². The lowest BCUT2D eigenvalue weighted by atomic mass is 10.0. The highest BCUT2D eigenvalue weighted by Gasteiger charge is 2.62. The number of sulfonamides is 1. The lowest BCUT2D eigenvalue weighted by Crippen LogP contribution is -2.58. The Bertz CT molecular complexity index is 2540. The number of fused-ring (bicyclic) bond motifs is 5. The van der Waals surface area contributed by atoms with Crippen LogP contribution in [0.1, 0.15) is 83.5 Å². The maximum absolute atomic E-state index is 14.8. The van der Waals surface area contributed by atoms with E-state index in [9.17, 15) is 32.0 Å². The number of amides is 4. The van der Waals surface area contributed by atoms with Crippen LogP contribution in [0.4, 0.5) is 9.18 Å². The van der Waals surface area contributed by atoms with E-state index in [0.717, 1.165) is 38.5 Å². The fraction of sp³-hybridized carbons (Fsp3) is 0.489. The number of ether oxygens (including phenoxy) is 3. The van der Waals surface area contributed by atoms with Crippen molar-refractivity contribution in [1.82, 2.24) is 25.2 Å². The second-order valence-corrected chi connectivity index (χ2v) is 19.1. The van der Waals surface area contributed by atoms with Crippen LogP contribution in [0.3, 0.4) is 0 Å². The number of aromatic nitrogens is 1. The normalized spacial score (nSPS) is 26.5. The summed E-state index contributed by atoms with van der Waals surface area (Å²) in [4.78, 5) is 62.9. The largest absolute Gasteiger partial charge is 0.497 e. The number of carbonyl (C=O) groups is 4. The molecule has 3 saturated carbocycles. The number of alkyl carbamates (subject to hydrolysis) is 1.